The van der Waals surface area contributed by atoms with Crippen molar-refractivity contribution in [3.05, 3.63) is 51.2 Å². The summed E-state index contributed by atoms with van der Waals surface area (Å²) in [6.07, 6.45) is 4.64. The van der Waals surface area contributed by atoms with Gasteiger partial charge in [-0.15, -0.1) is 0 Å². The maximum Gasteiger partial charge on any atom is 0.258 e. The van der Waals surface area contributed by atoms with E-state index in [0.717, 1.165) is 71.5 Å². The highest BCUT2D eigenvalue weighted by Crippen LogP contribution is 2.38. The summed E-state index contributed by atoms with van der Waals surface area (Å²) < 4.78 is 13.8. The molecule has 0 unspecified atom stereocenters. The molecule has 2 N–H and O–H groups in total. The number of nitrogens with one attached hydrogen (secondary N) is 2. The van der Waals surface area contributed by atoms with Gasteiger partial charge >= 0.3 is 0 Å². The minimum Gasteiger partial charge on any atom is -0.382 e. The predicted octanol–water partition coefficient (Wildman–Crippen LogP) is 4.94. The van der Waals surface area contributed by atoms with Crippen molar-refractivity contribution in [2.75, 3.05) is 16.8 Å². The van der Waals surface area contributed by atoms with Crippen LogP contribution in [0.1, 0.15) is 76.7 Å². The molecule has 2 aliphatic rings. The molecule has 0 atom stereocenters. The van der Waals surface area contributed by atoms with Crippen molar-refractivity contribution in [2.45, 2.75) is 72.3 Å². The number of pyridine rings is 1. The lowest BCUT2D eigenvalue weighted by Crippen LogP contribution is -2.30. The van der Waals surface area contributed by atoms with E-state index in [9.17, 15) is 13.8 Å². The minimum atomic E-state index is -0.754. The molecule has 0 amide bonds. The lowest BCUT2D eigenvalue weighted by atomic mass is 9.75. The summed E-state index contributed by atoms with van der Waals surface area (Å²) in [6.45, 7) is 8.24. The number of rotatable bonds is 5. The fourth-order valence-electron chi connectivity index (χ4n) is 5.60. The van der Waals surface area contributed by atoms with Gasteiger partial charge < -0.3 is 10.3 Å². The normalized spacial score (nSPS) is 21.8. The molecular weight excluding hydrogens is 460 g/mol. The Morgan fingerprint density at radius 3 is 2.66 bits per heavy atom. The van der Waals surface area contributed by atoms with Crippen molar-refractivity contribution in [2.24, 2.45) is 5.41 Å². The summed E-state index contributed by atoms with van der Waals surface area (Å²) in [5, 5.41) is 9.90. The zero-order chi connectivity index (χ0) is 24.9. The molecule has 1 aliphatic heterocycles. The van der Waals surface area contributed by atoms with E-state index in [1.54, 1.807) is 0 Å². The standard InChI is InChI=1S/C27H34N4O3S.2H2/c1-5-6-19-11-17-12-20(31-22-14-27(3,4)15-23(32)24(22)16(2)30-31)13-21(25(17)26(33)29-19)28-18-7-9-35(34)10-8-18;;/h11-13,18,28H,5-10,14-15H2,1-4H3,(H,29,33);2*1H. The second kappa shape index (κ2) is 9.04. The number of anilines is 1. The van der Waals surface area contributed by atoms with Crippen LogP contribution < -0.4 is 10.9 Å². The van der Waals surface area contributed by atoms with Crippen LogP contribution in [-0.4, -0.2) is 42.3 Å². The minimum absolute atomic E-state index is 0. The Morgan fingerprint density at radius 1 is 1.20 bits per heavy atom. The van der Waals surface area contributed by atoms with Gasteiger partial charge in [0.2, 0.25) is 0 Å². The molecule has 3 aromatic rings. The highest BCUT2D eigenvalue weighted by molar-refractivity contribution is 7.85. The molecule has 7 nitrogen and oxygen atoms in total. The van der Waals surface area contributed by atoms with Gasteiger partial charge in [-0.25, -0.2) is 4.68 Å². The number of H-pyrrole nitrogens is 1. The van der Waals surface area contributed by atoms with Gasteiger partial charge in [0.25, 0.3) is 5.56 Å². The molecule has 1 fully saturated rings. The Balaban J connectivity index is 0.00000190. The van der Waals surface area contributed by atoms with Gasteiger partial charge in [-0.3, -0.25) is 13.8 Å². The molecule has 0 bridgehead atoms. The van der Waals surface area contributed by atoms with Crippen LogP contribution in [0.2, 0.25) is 0 Å². The third kappa shape index (κ3) is 4.60. The third-order valence-corrected chi connectivity index (χ3v) is 8.60. The summed E-state index contributed by atoms with van der Waals surface area (Å²) in [7, 11) is -0.754. The number of carbonyl (C=O) groups is 1. The SMILES string of the molecule is CCCc1cc2cc(-n3nc(C)c4c3CC(C)(C)CC4=O)cc(NC3CCS(=O)CC3)c2c(=O)[nH]1.[HH].[HH]. The zero-order valence-corrected chi connectivity index (χ0v) is 21.8. The molecule has 0 spiro atoms. The van der Waals surface area contributed by atoms with Crippen molar-refractivity contribution in [3.63, 3.8) is 0 Å². The molecule has 190 valence electrons. The van der Waals surface area contributed by atoms with Gasteiger partial charge in [-0.05, 0) is 61.6 Å². The molecule has 0 radical (unpaired) electrons. The largest absolute Gasteiger partial charge is 0.382 e. The summed E-state index contributed by atoms with van der Waals surface area (Å²) in [5.74, 6) is 1.50. The fourth-order valence-corrected chi connectivity index (χ4v) is 6.90. The smallest absolute Gasteiger partial charge is 0.258 e. The van der Waals surface area contributed by atoms with Gasteiger partial charge in [0, 0.05) is 49.0 Å². The van der Waals surface area contributed by atoms with Crippen LogP contribution in [0, 0.1) is 12.3 Å². The van der Waals surface area contributed by atoms with E-state index in [0.29, 0.717) is 23.3 Å². The van der Waals surface area contributed by atoms with Crippen LogP contribution in [0.3, 0.4) is 0 Å². The van der Waals surface area contributed by atoms with Gasteiger partial charge in [0.1, 0.15) is 0 Å². The number of benzene rings is 1. The summed E-state index contributed by atoms with van der Waals surface area (Å²) in [4.78, 5) is 29.2. The van der Waals surface area contributed by atoms with E-state index < -0.39 is 10.8 Å². The van der Waals surface area contributed by atoms with E-state index in [1.165, 1.54) is 0 Å². The average Bonchev–Trinajstić information content (AvgIpc) is 3.10. The van der Waals surface area contributed by atoms with Crippen molar-refractivity contribution in [1.29, 1.82) is 0 Å². The lowest BCUT2D eigenvalue weighted by Gasteiger charge is -2.29. The van der Waals surface area contributed by atoms with Crippen LogP contribution >= 0.6 is 0 Å². The number of hydrogen-bond acceptors (Lipinski definition) is 5. The number of fused-ring (bicyclic) bond motifs is 2. The Hall–Kier alpha value is -2.74. The van der Waals surface area contributed by atoms with Crippen molar-refractivity contribution < 1.29 is 11.9 Å². The van der Waals surface area contributed by atoms with E-state index in [-0.39, 0.29) is 25.7 Å². The Bertz CT molecular complexity index is 1400. The van der Waals surface area contributed by atoms with Gasteiger partial charge in [0.05, 0.1) is 28.0 Å². The van der Waals surface area contributed by atoms with Gasteiger partial charge in [-0.1, -0.05) is 27.2 Å². The summed E-state index contributed by atoms with van der Waals surface area (Å²) >= 11 is 0. The van der Waals surface area contributed by atoms with Crippen molar-refractivity contribution in [1.82, 2.24) is 14.8 Å². The third-order valence-electron chi connectivity index (χ3n) is 7.22. The number of aryl methyl sites for hydroxylation is 2. The highest BCUT2D eigenvalue weighted by Gasteiger charge is 2.36. The number of aromatic nitrogens is 3. The Labute approximate surface area is 211 Å². The summed E-state index contributed by atoms with van der Waals surface area (Å²) in [6, 6.07) is 6.23. The molecule has 1 aliphatic carbocycles. The number of aromatic amines is 1. The van der Waals surface area contributed by atoms with E-state index in [4.69, 9.17) is 5.10 Å². The molecule has 35 heavy (non-hydrogen) atoms. The fraction of sp³-hybridized carbons (Fsp3) is 0.519. The van der Waals surface area contributed by atoms with Crippen LogP contribution in [-0.2, 0) is 23.6 Å². The molecule has 5 rings (SSSR count). The van der Waals surface area contributed by atoms with E-state index >= 15 is 0 Å². The maximum atomic E-state index is 13.2. The number of nitrogens with zero attached hydrogens (tertiary/aromatic N) is 2. The average molecular weight is 499 g/mol. The van der Waals surface area contributed by atoms with E-state index in [2.05, 4.69) is 37.1 Å². The molecule has 1 saturated heterocycles. The van der Waals surface area contributed by atoms with Crippen molar-refractivity contribution >= 4 is 33.0 Å². The first-order valence-electron chi connectivity index (χ1n) is 12.6. The first kappa shape index (κ1) is 24.0. The quantitative estimate of drug-likeness (QED) is 0.519. The Kier molecular flexibility index (Phi) is 6.20. The number of carbonyl (C=O) groups excluding carboxylic acids is 1. The molecule has 8 heteroatoms. The van der Waals surface area contributed by atoms with Crippen LogP contribution in [0.4, 0.5) is 5.69 Å². The first-order chi connectivity index (χ1) is 16.6. The Morgan fingerprint density at radius 2 is 1.94 bits per heavy atom. The van der Waals surface area contributed by atoms with Crippen LogP contribution in [0.5, 0.6) is 0 Å². The molecule has 0 saturated carbocycles. The number of ketones is 1. The van der Waals surface area contributed by atoms with Gasteiger partial charge in [0.15, 0.2) is 5.78 Å². The van der Waals surface area contributed by atoms with Crippen LogP contribution in [0.15, 0.2) is 23.0 Å². The second-order valence-electron chi connectivity index (χ2n) is 10.9. The first-order valence-corrected chi connectivity index (χ1v) is 14.1. The lowest BCUT2D eigenvalue weighted by molar-refractivity contribution is 0.0910. The maximum absolute atomic E-state index is 13.2. The number of hydrogen-bond donors (Lipinski definition) is 2. The van der Waals surface area contributed by atoms with E-state index in [1.807, 2.05) is 23.7 Å². The monoisotopic (exact) mass is 498 g/mol. The molecular formula is C27H38N4O3S. The topological polar surface area (TPSA) is 96.8 Å². The molecule has 1 aromatic carbocycles. The van der Waals surface area contributed by atoms with Gasteiger partial charge in [-0.2, -0.15) is 5.10 Å². The second-order valence-corrected chi connectivity index (χ2v) is 12.6. The molecule has 3 heterocycles. The van der Waals surface area contributed by atoms with Crippen molar-refractivity contribution in [3.8, 4) is 5.69 Å². The summed E-state index contributed by atoms with van der Waals surface area (Å²) in [5.41, 5.74) is 4.74. The zero-order valence-electron chi connectivity index (χ0n) is 21.0. The number of Topliss-reactive ketones (excluding diaryl/α,β-unsaturated/α-hetero) is 1. The molecule has 2 aromatic heterocycles. The highest BCUT2D eigenvalue weighted by atomic mass is 32.2. The predicted molar refractivity (Wildman–Crippen MR) is 146 cm³/mol. The van der Waals surface area contributed by atoms with Crippen LogP contribution in [0.25, 0.3) is 16.5 Å².